The van der Waals surface area contributed by atoms with Crippen LogP contribution in [0.4, 0.5) is 0 Å². The van der Waals surface area contributed by atoms with Crippen LogP contribution in [0.25, 0.3) is 0 Å². The van der Waals surface area contributed by atoms with Crippen molar-refractivity contribution in [1.82, 2.24) is 0 Å². The molecule has 0 bridgehead atoms. The first-order chi connectivity index (χ1) is 9.24. The van der Waals surface area contributed by atoms with E-state index in [9.17, 15) is 0 Å². The molecular formula is C17H27NO. The van der Waals surface area contributed by atoms with Gasteiger partial charge in [0.2, 0.25) is 0 Å². The van der Waals surface area contributed by atoms with E-state index in [0.717, 1.165) is 18.6 Å². The number of hydrogen-bond donors (Lipinski definition) is 1. The molecule has 0 aromatic heterocycles. The van der Waals surface area contributed by atoms with Crippen LogP contribution >= 0.6 is 0 Å². The summed E-state index contributed by atoms with van der Waals surface area (Å²) in [5.41, 5.74) is 7.48. The van der Waals surface area contributed by atoms with Crippen molar-refractivity contribution in [3.63, 3.8) is 0 Å². The first kappa shape index (κ1) is 14.4. The molecule has 0 amide bonds. The molecule has 0 radical (unpaired) electrons. The van der Waals surface area contributed by atoms with Crippen LogP contribution in [0.2, 0.25) is 0 Å². The molecule has 19 heavy (non-hydrogen) atoms. The van der Waals surface area contributed by atoms with Crippen LogP contribution in [0.3, 0.4) is 0 Å². The summed E-state index contributed by atoms with van der Waals surface area (Å²) in [5, 5.41) is 0. The minimum Gasteiger partial charge on any atom is -0.490 e. The van der Waals surface area contributed by atoms with Crippen molar-refractivity contribution < 1.29 is 4.74 Å². The molecule has 2 nitrogen and oxygen atoms in total. The van der Waals surface area contributed by atoms with Gasteiger partial charge in [-0.15, -0.1) is 0 Å². The maximum absolute atomic E-state index is 6.01. The van der Waals surface area contributed by atoms with Crippen LogP contribution < -0.4 is 10.5 Å². The van der Waals surface area contributed by atoms with Gasteiger partial charge in [0.15, 0.2) is 0 Å². The topological polar surface area (TPSA) is 35.2 Å². The lowest BCUT2D eigenvalue weighted by atomic mass is 9.76. The van der Waals surface area contributed by atoms with Gasteiger partial charge in [-0.05, 0) is 56.2 Å². The smallest absolute Gasteiger partial charge is 0.119 e. The summed E-state index contributed by atoms with van der Waals surface area (Å²) in [5.74, 6) is 1.01. The summed E-state index contributed by atoms with van der Waals surface area (Å²) < 4.78 is 6.01. The van der Waals surface area contributed by atoms with Crippen molar-refractivity contribution in [2.45, 2.75) is 63.9 Å². The van der Waals surface area contributed by atoms with Gasteiger partial charge >= 0.3 is 0 Å². The van der Waals surface area contributed by atoms with Crippen LogP contribution in [-0.4, -0.2) is 12.6 Å². The quantitative estimate of drug-likeness (QED) is 0.839. The molecule has 0 saturated heterocycles. The molecule has 2 N–H and O–H groups in total. The van der Waals surface area contributed by atoms with E-state index >= 15 is 0 Å². The van der Waals surface area contributed by atoms with Gasteiger partial charge in [0, 0.05) is 12.0 Å². The lowest BCUT2D eigenvalue weighted by molar-refractivity contribution is 0.210. The van der Waals surface area contributed by atoms with Gasteiger partial charge in [0.1, 0.15) is 5.75 Å². The minimum atomic E-state index is 0.131. The van der Waals surface area contributed by atoms with Crippen molar-refractivity contribution in [3.8, 4) is 5.75 Å². The summed E-state index contributed by atoms with van der Waals surface area (Å²) in [4.78, 5) is 0. The highest BCUT2D eigenvalue weighted by atomic mass is 16.5. The summed E-state index contributed by atoms with van der Waals surface area (Å²) in [6.45, 7) is 5.15. The van der Waals surface area contributed by atoms with Crippen LogP contribution in [-0.2, 0) is 5.41 Å². The fraction of sp³-hybridized carbons (Fsp3) is 0.647. The average molecular weight is 261 g/mol. The van der Waals surface area contributed by atoms with Gasteiger partial charge in [-0.2, -0.15) is 0 Å². The summed E-state index contributed by atoms with van der Waals surface area (Å²) >= 11 is 0. The Morgan fingerprint density at radius 1 is 1.11 bits per heavy atom. The highest BCUT2D eigenvalue weighted by Crippen LogP contribution is 2.32. The summed E-state index contributed by atoms with van der Waals surface area (Å²) in [7, 11) is 0. The molecule has 106 valence electrons. The molecule has 0 spiro atoms. The van der Waals surface area contributed by atoms with Crippen molar-refractivity contribution in [2.24, 2.45) is 5.73 Å². The second kappa shape index (κ2) is 6.42. The second-order valence-corrected chi connectivity index (χ2v) is 5.74. The van der Waals surface area contributed by atoms with E-state index < -0.39 is 0 Å². The Morgan fingerprint density at radius 3 is 2.16 bits per heavy atom. The fourth-order valence-electron chi connectivity index (χ4n) is 3.15. The Bertz CT molecular complexity index is 366. The maximum Gasteiger partial charge on any atom is 0.119 e. The molecule has 0 heterocycles. The molecule has 1 aromatic rings. The number of nitrogens with two attached hydrogens (primary N) is 1. The minimum absolute atomic E-state index is 0.131. The largest absolute Gasteiger partial charge is 0.490 e. The third kappa shape index (κ3) is 3.11. The second-order valence-electron chi connectivity index (χ2n) is 5.74. The Hall–Kier alpha value is -1.02. The van der Waals surface area contributed by atoms with Gasteiger partial charge in [-0.25, -0.2) is 0 Å². The summed E-state index contributed by atoms with van der Waals surface area (Å²) in [6.07, 6.45) is 7.64. The van der Waals surface area contributed by atoms with E-state index in [-0.39, 0.29) is 5.41 Å². The van der Waals surface area contributed by atoms with E-state index in [2.05, 4.69) is 38.1 Å². The average Bonchev–Trinajstić information content (AvgIpc) is 2.96. The van der Waals surface area contributed by atoms with Crippen LogP contribution in [0.15, 0.2) is 24.3 Å². The zero-order valence-electron chi connectivity index (χ0n) is 12.3. The van der Waals surface area contributed by atoms with Crippen molar-refractivity contribution in [3.05, 3.63) is 29.8 Å². The van der Waals surface area contributed by atoms with Gasteiger partial charge < -0.3 is 10.5 Å². The Labute approximate surface area is 117 Å². The van der Waals surface area contributed by atoms with E-state index in [4.69, 9.17) is 10.5 Å². The predicted molar refractivity (Wildman–Crippen MR) is 80.6 cm³/mol. The van der Waals surface area contributed by atoms with Crippen molar-refractivity contribution in [1.29, 1.82) is 0 Å². The van der Waals surface area contributed by atoms with E-state index in [1.807, 2.05) is 0 Å². The molecule has 0 aliphatic heterocycles. The Kier molecular flexibility index (Phi) is 4.87. The third-order valence-electron chi connectivity index (χ3n) is 4.82. The van der Waals surface area contributed by atoms with Gasteiger partial charge in [-0.1, -0.05) is 26.0 Å². The molecule has 1 fully saturated rings. The monoisotopic (exact) mass is 261 g/mol. The first-order valence-electron chi connectivity index (χ1n) is 7.71. The van der Waals surface area contributed by atoms with Gasteiger partial charge in [-0.3, -0.25) is 0 Å². The number of benzene rings is 1. The highest BCUT2D eigenvalue weighted by molar-refractivity contribution is 5.33. The van der Waals surface area contributed by atoms with Crippen molar-refractivity contribution >= 4 is 0 Å². The van der Waals surface area contributed by atoms with E-state index in [1.165, 1.54) is 31.2 Å². The predicted octanol–water partition coefficient (Wildman–Crippen LogP) is 4.02. The van der Waals surface area contributed by atoms with Crippen LogP contribution in [0.5, 0.6) is 5.75 Å². The molecule has 1 aliphatic carbocycles. The highest BCUT2D eigenvalue weighted by Gasteiger charge is 2.26. The van der Waals surface area contributed by atoms with Crippen LogP contribution in [0.1, 0.15) is 57.9 Å². The fourth-order valence-corrected chi connectivity index (χ4v) is 3.15. The maximum atomic E-state index is 6.01. The Balaban J connectivity index is 2.08. The van der Waals surface area contributed by atoms with Gasteiger partial charge in [0.05, 0.1) is 6.10 Å². The Morgan fingerprint density at radius 2 is 1.68 bits per heavy atom. The number of rotatable bonds is 6. The molecule has 2 rings (SSSR count). The molecule has 1 aromatic carbocycles. The van der Waals surface area contributed by atoms with E-state index in [1.54, 1.807) is 0 Å². The summed E-state index contributed by atoms with van der Waals surface area (Å²) in [6, 6.07) is 8.63. The SMILES string of the molecule is CCC(CC)(CN)c1ccc(OC2CCCC2)cc1. The van der Waals surface area contributed by atoms with Crippen LogP contribution in [0, 0.1) is 0 Å². The standard InChI is InChI=1S/C17H27NO/c1-3-17(4-2,13-18)14-9-11-16(12-10-14)19-15-7-5-6-8-15/h9-12,15H,3-8,13,18H2,1-2H3. The first-order valence-corrected chi connectivity index (χ1v) is 7.71. The van der Waals surface area contributed by atoms with Crippen molar-refractivity contribution in [2.75, 3.05) is 6.54 Å². The number of ether oxygens (including phenoxy) is 1. The molecular weight excluding hydrogens is 234 g/mol. The zero-order valence-corrected chi connectivity index (χ0v) is 12.3. The molecule has 0 atom stereocenters. The number of hydrogen-bond acceptors (Lipinski definition) is 2. The molecule has 1 aliphatic rings. The molecule has 2 heteroatoms. The molecule has 0 unspecified atom stereocenters. The molecule has 1 saturated carbocycles. The third-order valence-corrected chi connectivity index (χ3v) is 4.82. The lowest BCUT2D eigenvalue weighted by Gasteiger charge is -2.31. The van der Waals surface area contributed by atoms with E-state index in [0.29, 0.717) is 12.6 Å². The lowest BCUT2D eigenvalue weighted by Crippen LogP contribution is -2.33. The zero-order chi connectivity index (χ0) is 13.7. The van der Waals surface area contributed by atoms with Gasteiger partial charge in [0.25, 0.3) is 0 Å². The normalized spacial score (nSPS) is 16.8.